The van der Waals surface area contributed by atoms with Gasteiger partial charge in [-0.2, -0.15) is 0 Å². The highest BCUT2D eigenvalue weighted by atomic mass is 16.5. The van der Waals surface area contributed by atoms with Crippen LogP contribution in [-0.2, 0) is 4.79 Å². The Morgan fingerprint density at radius 1 is 0.970 bits per heavy atom. The van der Waals surface area contributed by atoms with Crippen molar-refractivity contribution in [3.05, 3.63) is 54.1 Å². The number of aromatic nitrogens is 1. The second-order valence-corrected chi connectivity index (χ2v) is 10.3. The SMILES string of the molecule is COc1ccc(Nc2cc(C)c3cc(NC(=O)C4CCC(C(C)(C)C)CC4)ccc3n2)cc1. The van der Waals surface area contributed by atoms with Crippen molar-refractivity contribution in [2.45, 2.75) is 53.4 Å². The summed E-state index contributed by atoms with van der Waals surface area (Å²) in [5, 5.41) is 7.56. The summed E-state index contributed by atoms with van der Waals surface area (Å²) >= 11 is 0. The number of nitrogens with one attached hydrogen (secondary N) is 2. The summed E-state index contributed by atoms with van der Waals surface area (Å²) in [6, 6.07) is 15.8. The van der Waals surface area contributed by atoms with Gasteiger partial charge in [0.15, 0.2) is 0 Å². The normalized spacial score (nSPS) is 18.7. The van der Waals surface area contributed by atoms with Gasteiger partial charge in [-0.15, -0.1) is 0 Å². The maximum Gasteiger partial charge on any atom is 0.227 e. The maximum absolute atomic E-state index is 12.9. The maximum atomic E-state index is 12.9. The molecule has 1 aliphatic rings. The van der Waals surface area contributed by atoms with E-state index in [1.165, 1.54) is 0 Å². The van der Waals surface area contributed by atoms with E-state index in [0.717, 1.165) is 65.1 Å². The first-order chi connectivity index (χ1) is 15.7. The molecule has 0 atom stereocenters. The Morgan fingerprint density at radius 2 is 1.64 bits per heavy atom. The van der Waals surface area contributed by atoms with Gasteiger partial charge in [0.1, 0.15) is 11.6 Å². The van der Waals surface area contributed by atoms with E-state index < -0.39 is 0 Å². The smallest absolute Gasteiger partial charge is 0.227 e. The third-order valence-corrected chi connectivity index (χ3v) is 6.97. The highest BCUT2D eigenvalue weighted by Crippen LogP contribution is 2.40. The van der Waals surface area contributed by atoms with Crippen LogP contribution < -0.4 is 15.4 Å². The molecule has 33 heavy (non-hydrogen) atoms. The average molecular weight is 446 g/mol. The Bertz CT molecular complexity index is 1120. The van der Waals surface area contributed by atoms with Gasteiger partial charge < -0.3 is 15.4 Å². The number of anilines is 3. The molecule has 174 valence electrons. The van der Waals surface area contributed by atoms with Crippen molar-refractivity contribution in [2.24, 2.45) is 17.3 Å². The van der Waals surface area contributed by atoms with Crippen LogP contribution in [0, 0.1) is 24.2 Å². The Morgan fingerprint density at radius 3 is 2.27 bits per heavy atom. The summed E-state index contributed by atoms with van der Waals surface area (Å²) in [6.45, 7) is 8.99. The standard InChI is InChI=1S/C28H35N3O2/c1-18-16-26(29-21-10-13-23(33-5)14-11-21)31-25-15-12-22(17-24(18)25)30-27(32)19-6-8-20(9-7-19)28(2,3)4/h10-17,19-20H,6-9H2,1-5H3,(H,29,31)(H,30,32). The average Bonchev–Trinajstić information content (AvgIpc) is 2.79. The van der Waals surface area contributed by atoms with Crippen molar-refractivity contribution in [1.82, 2.24) is 4.98 Å². The first-order valence-corrected chi connectivity index (χ1v) is 11.9. The molecule has 2 aromatic carbocycles. The molecule has 1 heterocycles. The molecule has 1 fully saturated rings. The zero-order chi connectivity index (χ0) is 23.6. The van der Waals surface area contributed by atoms with Gasteiger partial charge in [0.2, 0.25) is 5.91 Å². The molecule has 1 amide bonds. The Hall–Kier alpha value is -3.08. The molecule has 2 N–H and O–H groups in total. The fraction of sp³-hybridized carbons (Fsp3) is 0.429. The van der Waals surface area contributed by atoms with Gasteiger partial charge in [-0.3, -0.25) is 4.79 Å². The van der Waals surface area contributed by atoms with Crippen molar-refractivity contribution in [3.8, 4) is 5.75 Å². The lowest BCUT2D eigenvalue weighted by atomic mass is 9.69. The highest BCUT2D eigenvalue weighted by molar-refractivity contribution is 5.96. The number of carbonyl (C=O) groups is 1. The zero-order valence-electron chi connectivity index (χ0n) is 20.4. The number of ether oxygens (including phenoxy) is 1. The molecule has 1 saturated carbocycles. The molecule has 0 radical (unpaired) electrons. The monoisotopic (exact) mass is 445 g/mol. The number of hydrogen-bond donors (Lipinski definition) is 2. The van der Waals surface area contributed by atoms with E-state index in [2.05, 4.69) is 38.3 Å². The lowest BCUT2D eigenvalue weighted by Gasteiger charge is -2.36. The van der Waals surface area contributed by atoms with Gasteiger partial charge >= 0.3 is 0 Å². The molecule has 1 aromatic heterocycles. The van der Waals surface area contributed by atoms with E-state index in [4.69, 9.17) is 9.72 Å². The van der Waals surface area contributed by atoms with Crippen molar-refractivity contribution < 1.29 is 9.53 Å². The van der Waals surface area contributed by atoms with E-state index in [9.17, 15) is 4.79 Å². The predicted octanol–water partition coefficient (Wildman–Crippen LogP) is 7.09. The van der Waals surface area contributed by atoms with Crippen LogP contribution >= 0.6 is 0 Å². The van der Waals surface area contributed by atoms with E-state index >= 15 is 0 Å². The summed E-state index contributed by atoms with van der Waals surface area (Å²) in [7, 11) is 1.66. The van der Waals surface area contributed by atoms with Gasteiger partial charge in [0, 0.05) is 22.7 Å². The molecule has 0 spiro atoms. The minimum absolute atomic E-state index is 0.106. The molecular weight excluding hydrogens is 410 g/mol. The molecule has 3 aromatic rings. The number of benzene rings is 2. The summed E-state index contributed by atoms with van der Waals surface area (Å²) < 4.78 is 5.22. The van der Waals surface area contributed by atoms with Crippen LogP contribution in [0.5, 0.6) is 5.75 Å². The van der Waals surface area contributed by atoms with Crippen LogP contribution in [0.4, 0.5) is 17.2 Å². The van der Waals surface area contributed by atoms with Crippen LogP contribution in [-0.4, -0.2) is 18.0 Å². The number of pyridine rings is 1. The molecule has 0 bridgehead atoms. The first kappa shape index (κ1) is 23.1. The number of fused-ring (bicyclic) bond motifs is 1. The molecule has 0 unspecified atom stereocenters. The molecule has 0 aliphatic heterocycles. The lowest BCUT2D eigenvalue weighted by molar-refractivity contribution is -0.121. The second-order valence-electron chi connectivity index (χ2n) is 10.3. The van der Waals surface area contributed by atoms with Crippen LogP contribution in [0.25, 0.3) is 10.9 Å². The van der Waals surface area contributed by atoms with Gasteiger partial charge in [-0.25, -0.2) is 4.98 Å². The van der Waals surface area contributed by atoms with E-state index in [1.54, 1.807) is 7.11 Å². The second kappa shape index (κ2) is 9.42. The number of nitrogens with zero attached hydrogens (tertiary/aromatic N) is 1. The van der Waals surface area contributed by atoms with E-state index in [0.29, 0.717) is 11.3 Å². The summed E-state index contributed by atoms with van der Waals surface area (Å²) in [4.78, 5) is 17.7. The molecule has 0 saturated heterocycles. The molecule has 5 nitrogen and oxygen atoms in total. The third kappa shape index (κ3) is 5.47. The van der Waals surface area contributed by atoms with Crippen molar-refractivity contribution >= 4 is 34.0 Å². The highest BCUT2D eigenvalue weighted by Gasteiger charge is 2.32. The van der Waals surface area contributed by atoms with Crippen LogP contribution in [0.1, 0.15) is 52.0 Å². The Labute approximate surface area is 197 Å². The van der Waals surface area contributed by atoms with Crippen molar-refractivity contribution in [2.75, 3.05) is 17.7 Å². The number of aryl methyl sites for hydroxylation is 1. The summed E-state index contributed by atoms with van der Waals surface area (Å²) in [5.74, 6) is 2.56. The van der Waals surface area contributed by atoms with E-state index in [-0.39, 0.29) is 11.8 Å². The van der Waals surface area contributed by atoms with Gasteiger partial charge in [-0.1, -0.05) is 20.8 Å². The number of methoxy groups -OCH3 is 1. The number of carbonyl (C=O) groups excluding carboxylic acids is 1. The Balaban J connectivity index is 1.44. The molecular formula is C28H35N3O2. The number of rotatable bonds is 5. The van der Waals surface area contributed by atoms with Crippen molar-refractivity contribution in [3.63, 3.8) is 0 Å². The fourth-order valence-corrected chi connectivity index (χ4v) is 4.82. The van der Waals surface area contributed by atoms with Crippen LogP contribution in [0.2, 0.25) is 0 Å². The minimum atomic E-state index is 0.106. The molecule has 4 rings (SSSR count). The van der Waals surface area contributed by atoms with Gasteiger partial charge in [0.25, 0.3) is 0 Å². The van der Waals surface area contributed by atoms with Crippen molar-refractivity contribution in [1.29, 1.82) is 0 Å². The topological polar surface area (TPSA) is 63.2 Å². The fourth-order valence-electron chi connectivity index (χ4n) is 4.82. The zero-order valence-corrected chi connectivity index (χ0v) is 20.4. The quantitative estimate of drug-likeness (QED) is 0.440. The Kier molecular flexibility index (Phi) is 6.59. The summed E-state index contributed by atoms with van der Waals surface area (Å²) in [5.41, 5.74) is 4.12. The summed E-state index contributed by atoms with van der Waals surface area (Å²) in [6.07, 6.45) is 4.21. The molecule has 5 heteroatoms. The predicted molar refractivity (Wildman–Crippen MR) is 136 cm³/mol. The number of hydrogen-bond acceptors (Lipinski definition) is 4. The molecule has 1 aliphatic carbocycles. The van der Waals surface area contributed by atoms with Gasteiger partial charge in [0.05, 0.1) is 12.6 Å². The van der Waals surface area contributed by atoms with Crippen LogP contribution in [0.3, 0.4) is 0 Å². The first-order valence-electron chi connectivity index (χ1n) is 11.9. The minimum Gasteiger partial charge on any atom is -0.497 e. The van der Waals surface area contributed by atoms with Gasteiger partial charge in [-0.05, 0) is 98.0 Å². The van der Waals surface area contributed by atoms with E-state index in [1.807, 2.05) is 48.5 Å². The third-order valence-electron chi connectivity index (χ3n) is 6.97. The van der Waals surface area contributed by atoms with Crippen LogP contribution in [0.15, 0.2) is 48.5 Å². The lowest BCUT2D eigenvalue weighted by Crippen LogP contribution is -2.31. The number of amides is 1. The largest absolute Gasteiger partial charge is 0.497 e.